The van der Waals surface area contributed by atoms with Gasteiger partial charge in [-0.25, -0.2) is 0 Å². The molecule has 1 atom stereocenters. The van der Waals surface area contributed by atoms with Gasteiger partial charge in [-0.2, -0.15) is 0 Å². The number of para-hydroxylation sites is 1. The molecule has 0 aliphatic carbocycles. The standard InChI is InChI=1S/C25H31N3O2/c1-17(2)26-10-12-27(13-11-26)24(29)16-23-21-14-18(3)19(4)15-22(21)25(30)28(23)20-8-6-5-7-9-20/h5-9,14-15,17,23H,10-13,16H2,1-4H3. The highest BCUT2D eigenvalue weighted by Crippen LogP contribution is 2.40. The van der Waals surface area contributed by atoms with E-state index in [2.05, 4.69) is 31.7 Å². The SMILES string of the molecule is Cc1cc2c(cc1C)C(CC(=O)N1CCN(C(C)C)CC1)N(c1ccccc1)C2=O. The Hall–Kier alpha value is -2.66. The van der Waals surface area contributed by atoms with Gasteiger partial charge in [-0.3, -0.25) is 14.5 Å². The number of rotatable bonds is 4. The minimum absolute atomic E-state index is 0.0123. The molecule has 0 N–H and O–H groups in total. The first-order valence-electron chi connectivity index (χ1n) is 10.9. The molecule has 2 aromatic carbocycles. The lowest BCUT2D eigenvalue weighted by Crippen LogP contribution is -2.51. The van der Waals surface area contributed by atoms with Crippen molar-refractivity contribution in [2.75, 3.05) is 31.1 Å². The van der Waals surface area contributed by atoms with E-state index in [1.165, 1.54) is 0 Å². The first kappa shape index (κ1) is 20.6. The number of carbonyl (C=O) groups excluding carboxylic acids is 2. The summed E-state index contributed by atoms with van der Waals surface area (Å²) < 4.78 is 0. The second-order valence-electron chi connectivity index (χ2n) is 8.76. The zero-order chi connectivity index (χ0) is 21.4. The predicted octanol–water partition coefficient (Wildman–Crippen LogP) is 3.95. The molecular weight excluding hydrogens is 374 g/mol. The zero-order valence-electron chi connectivity index (χ0n) is 18.4. The molecule has 0 bridgehead atoms. The summed E-state index contributed by atoms with van der Waals surface area (Å²) in [5.74, 6) is 0.116. The smallest absolute Gasteiger partial charge is 0.259 e. The van der Waals surface area contributed by atoms with Crippen molar-refractivity contribution in [3.05, 3.63) is 64.7 Å². The highest BCUT2D eigenvalue weighted by Gasteiger charge is 2.40. The van der Waals surface area contributed by atoms with Crippen molar-refractivity contribution in [1.29, 1.82) is 0 Å². The van der Waals surface area contributed by atoms with E-state index in [4.69, 9.17) is 0 Å². The zero-order valence-corrected chi connectivity index (χ0v) is 18.4. The monoisotopic (exact) mass is 405 g/mol. The van der Waals surface area contributed by atoms with Gasteiger partial charge in [0.2, 0.25) is 5.91 Å². The molecule has 0 aromatic heterocycles. The summed E-state index contributed by atoms with van der Waals surface area (Å²) in [6.07, 6.45) is 0.317. The van der Waals surface area contributed by atoms with Gasteiger partial charge in [-0.1, -0.05) is 24.3 Å². The van der Waals surface area contributed by atoms with Crippen LogP contribution in [0.2, 0.25) is 0 Å². The Morgan fingerprint density at radius 1 is 1.00 bits per heavy atom. The van der Waals surface area contributed by atoms with Crippen LogP contribution in [0.5, 0.6) is 0 Å². The molecule has 2 aromatic rings. The van der Waals surface area contributed by atoms with Gasteiger partial charge < -0.3 is 9.80 Å². The van der Waals surface area contributed by atoms with Gasteiger partial charge in [0, 0.05) is 43.5 Å². The highest BCUT2D eigenvalue weighted by atomic mass is 16.2. The number of amides is 2. The molecule has 5 heteroatoms. The van der Waals surface area contributed by atoms with E-state index in [1.807, 2.05) is 53.1 Å². The molecule has 30 heavy (non-hydrogen) atoms. The van der Waals surface area contributed by atoms with Crippen LogP contribution in [0.25, 0.3) is 0 Å². The minimum atomic E-state index is -0.259. The highest BCUT2D eigenvalue weighted by molar-refractivity contribution is 6.11. The van der Waals surface area contributed by atoms with Crippen molar-refractivity contribution in [2.45, 2.75) is 46.2 Å². The molecule has 158 valence electrons. The lowest BCUT2D eigenvalue weighted by atomic mass is 9.96. The van der Waals surface area contributed by atoms with Gasteiger partial charge in [0.25, 0.3) is 5.91 Å². The summed E-state index contributed by atoms with van der Waals surface area (Å²) in [6, 6.07) is 14.0. The lowest BCUT2D eigenvalue weighted by Gasteiger charge is -2.37. The first-order valence-corrected chi connectivity index (χ1v) is 10.9. The Labute approximate surface area is 179 Å². The summed E-state index contributed by atoms with van der Waals surface area (Å²) in [5, 5.41) is 0. The third-order valence-corrected chi connectivity index (χ3v) is 6.59. The number of hydrogen-bond donors (Lipinski definition) is 0. The molecular formula is C25H31N3O2. The maximum Gasteiger partial charge on any atom is 0.259 e. The third kappa shape index (κ3) is 3.74. The van der Waals surface area contributed by atoms with Crippen molar-refractivity contribution in [3.8, 4) is 0 Å². The largest absolute Gasteiger partial charge is 0.340 e. The summed E-state index contributed by atoms with van der Waals surface area (Å²) in [7, 11) is 0. The molecule has 0 saturated carbocycles. The van der Waals surface area contributed by atoms with Crippen LogP contribution in [-0.4, -0.2) is 53.8 Å². The Bertz CT molecular complexity index is 946. The number of nitrogens with zero attached hydrogens (tertiary/aromatic N) is 3. The van der Waals surface area contributed by atoms with Crippen molar-refractivity contribution in [2.24, 2.45) is 0 Å². The number of aryl methyl sites for hydroxylation is 2. The third-order valence-electron chi connectivity index (χ3n) is 6.59. The molecule has 1 fully saturated rings. The van der Waals surface area contributed by atoms with Crippen LogP contribution in [0, 0.1) is 13.8 Å². The van der Waals surface area contributed by atoms with E-state index in [9.17, 15) is 9.59 Å². The van der Waals surface area contributed by atoms with Crippen LogP contribution in [0.4, 0.5) is 5.69 Å². The van der Waals surface area contributed by atoms with Crippen LogP contribution in [0.3, 0.4) is 0 Å². The lowest BCUT2D eigenvalue weighted by molar-refractivity contribution is -0.133. The molecule has 0 radical (unpaired) electrons. The van der Waals surface area contributed by atoms with Gasteiger partial charge >= 0.3 is 0 Å². The average molecular weight is 406 g/mol. The van der Waals surface area contributed by atoms with E-state index in [-0.39, 0.29) is 17.9 Å². The van der Waals surface area contributed by atoms with E-state index < -0.39 is 0 Å². The normalized spacial score (nSPS) is 19.5. The van der Waals surface area contributed by atoms with Gasteiger partial charge in [0.15, 0.2) is 0 Å². The van der Waals surface area contributed by atoms with Crippen molar-refractivity contribution in [1.82, 2.24) is 9.80 Å². The van der Waals surface area contributed by atoms with Crippen molar-refractivity contribution >= 4 is 17.5 Å². The predicted molar refractivity (Wildman–Crippen MR) is 120 cm³/mol. The number of benzene rings is 2. The average Bonchev–Trinajstić information content (AvgIpc) is 3.00. The van der Waals surface area contributed by atoms with Gasteiger partial charge in [0.1, 0.15) is 0 Å². The van der Waals surface area contributed by atoms with Crippen molar-refractivity contribution in [3.63, 3.8) is 0 Å². The Morgan fingerprint density at radius 2 is 1.63 bits per heavy atom. The van der Waals surface area contributed by atoms with Crippen LogP contribution < -0.4 is 4.90 Å². The van der Waals surface area contributed by atoms with E-state index in [0.717, 1.165) is 54.1 Å². The maximum absolute atomic E-state index is 13.3. The molecule has 0 spiro atoms. The Balaban J connectivity index is 1.62. The minimum Gasteiger partial charge on any atom is -0.340 e. The Morgan fingerprint density at radius 3 is 2.27 bits per heavy atom. The number of carbonyl (C=O) groups is 2. The van der Waals surface area contributed by atoms with Crippen LogP contribution in [-0.2, 0) is 4.79 Å². The molecule has 2 heterocycles. The second-order valence-corrected chi connectivity index (χ2v) is 8.76. The molecule has 2 aliphatic heterocycles. The van der Waals surface area contributed by atoms with E-state index in [0.29, 0.717) is 12.5 Å². The number of anilines is 1. The quantitative estimate of drug-likeness (QED) is 0.774. The van der Waals surface area contributed by atoms with Gasteiger partial charge in [-0.15, -0.1) is 0 Å². The summed E-state index contributed by atoms with van der Waals surface area (Å²) in [5.41, 5.74) is 4.80. The second kappa shape index (κ2) is 8.23. The summed E-state index contributed by atoms with van der Waals surface area (Å²) in [6.45, 7) is 11.8. The molecule has 5 nitrogen and oxygen atoms in total. The van der Waals surface area contributed by atoms with Gasteiger partial charge in [-0.05, 0) is 62.6 Å². The van der Waals surface area contributed by atoms with Crippen LogP contribution in [0.1, 0.15) is 53.4 Å². The van der Waals surface area contributed by atoms with E-state index in [1.54, 1.807) is 0 Å². The van der Waals surface area contributed by atoms with Gasteiger partial charge in [0.05, 0.1) is 12.5 Å². The number of fused-ring (bicyclic) bond motifs is 1. The Kier molecular flexibility index (Phi) is 5.65. The molecule has 2 amide bonds. The fraction of sp³-hybridized carbons (Fsp3) is 0.440. The summed E-state index contributed by atoms with van der Waals surface area (Å²) >= 11 is 0. The fourth-order valence-corrected chi connectivity index (χ4v) is 4.58. The number of hydrogen-bond acceptors (Lipinski definition) is 3. The topological polar surface area (TPSA) is 43.9 Å². The molecule has 1 saturated heterocycles. The van der Waals surface area contributed by atoms with E-state index >= 15 is 0 Å². The first-order chi connectivity index (χ1) is 14.4. The molecule has 1 unspecified atom stereocenters. The fourth-order valence-electron chi connectivity index (χ4n) is 4.58. The summed E-state index contributed by atoms with van der Waals surface area (Å²) in [4.78, 5) is 32.8. The molecule has 4 rings (SSSR count). The van der Waals surface area contributed by atoms with Crippen LogP contribution >= 0.6 is 0 Å². The van der Waals surface area contributed by atoms with Crippen molar-refractivity contribution < 1.29 is 9.59 Å². The van der Waals surface area contributed by atoms with Crippen LogP contribution in [0.15, 0.2) is 42.5 Å². The molecule has 2 aliphatic rings. The number of piperazine rings is 1. The maximum atomic E-state index is 13.3.